The fourth-order valence-electron chi connectivity index (χ4n) is 11.2. The molecule has 1 fully saturated rings. The number of carbonyl (C=O) groups excluding carboxylic acids is 1. The molecule has 1 heterocycles. The van der Waals surface area contributed by atoms with Gasteiger partial charge in [0.2, 0.25) is 5.91 Å². The topological polar surface area (TPSA) is 149 Å². The zero-order chi connectivity index (χ0) is 60.7. The lowest BCUT2D eigenvalue weighted by atomic mass is 9.99. The third kappa shape index (κ3) is 51.4. The summed E-state index contributed by atoms with van der Waals surface area (Å²) in [5, 5.41) is 55.0. The first-order valence-electron chi connectivity index (χ1n) is 35.8. The van der Waals surface area contributed by atoms with Gasteiger partial charge in [-0.05, 0) is 70.6 Å². The van der Waals surface area contributed by atoms with Crippen LogP contribution in [0.1, 0.15) is 328 Å². The molecule has 0 aliphatic carbocycles. The molecule has 0 bridgehead atoms. The molecular weight excluding hydrogens is 1040 g/mol. The molecule has 1 aliphatic heterocycles. The maximum atomic E-state index is 13.2. The van der Waals surface area contributed by atoms with Gasteiger partial charge in [-0.25, -0.2) is 0 Å². The average molecular weight is 1180 g/mol. The summed E-state index contributed by atoms with van der Waals surface area (Å²) in [5.41, 5.74) is 0. The Hall–Kier alpha value is -2.63. The summed E-state index contributed by atoms with van der Waals surface area (Å²) in [4.78, 5) is 13.2. The minimum absolute atomic E-state index is 0.143. The van der Waals surface area contributed by atoms with E-state index in [0.717, 1.165) is 89.9 Å². The lowest BCUT2D eigenvalue weighted by molar-refractivity contribution is -0.302. The van der Waals surface area contributed by atoms with Gasteiger partial charge in [-0.3, -0.25) is 4.79 Å². The minimum atomic E-state index is -1.56. The number of carbonyl (C=O) groups is 1. The number of hydrogen-bond donors (Lipinski definition) is 6. The first-order chi connectivity index (χ1) is 41.3. The number of aliphatic hydroxyl groups is 5. The van der Waals surface area contributed by atoms with Crippen molar-refractivity contribution in [3.8, 4) is 0 Å². The zero-order valence-electron chi connectivity index (χ0n) is 54.6. The van der Waals surface area contributed by atoms with E-state index in [1.54, 1.807) is 0 Å². The van der Waals surface area contributed by atoms with E-state index in [9.17, 15) is 30.3 Å². The normalized spacial score (nSPS) is 18.7. The lowest BCUT2D eigenvalue weighted by Crippen LogP contribution is -2.60. The van der Waals surface area contributed by atoms with E-state index in [-0.39, 0.29) is 12.5 Å². The van der Waals surface area contributed by atoms with Crippen LogP contribution >= 0.6 is 0 Å². The second kappa shape index (κ2) is 63.4. The van der Waals surface area contributed by atoms with Crippen molar-refractivity contribution in [3.63, 3.8) is 0 Å². The van der Waals surface area contributed by atoms with E-state index >= 15 is 0 Å². The summed E-state index contributed by atoms with van der Waals surface area (Å²) in [6.45, 7) is 3.76. The highest BCUT2D eigenvalue weighted by molar-refractivity contribution is 5.76. The highest BCUT2D eigenvalue weighted by Crippen LogP contribution is 2.24. The standard InChI is InChI=1S/C75H135NO8/c1-3-5-7-9-11-13-15-17-19-21-23-25-27-29-31-33-35-37-39-41-43-45-47-49-51-53-55-57-59-61-63-65-71(79)76-68(67-83-75-74(82)73(81)72(80)70(66-77)84-75)69(78)64-62-60-58-56-54-52-50-48-46-44-42-40-38-36-34-32-30-28-26-24-22-20-18-16-14-12-10-8-6-4-2/h5,7,11,13,17,19,23,25,29,31,35,37,41,43,68-70,72-75,77-78,80-82H,3-4,6,8-10,12,14-16,18,20-22,24,26-28,30,32-34,36,38-40,42,44-67H2,1-2H3,(H,76,79)/b7-5-,13-11-,19-17-,25-23-,31-29-,37-35-,43-41-. The first kappa shape index (κ1) is 79.4. The Morgan fingerprint density at radius 2 is 0.738 bits per heavy atom. The molecule has 488 valence electrons. The van der Waals surface area contributed by atoms with Crippen molar-refractivity contribution in [2.45, 2.75) is 371 Å². The molecule has 0 spiro atoms. The number of ether oxygens (including phenoxy) is 2. The van der Waals surface area contributed by atoms with Gasteiger partial charge in [-0.1, -0.05) is 336 Å². The molecule has 1 aliphatic rings. The van der Waals surface area contributed by atoms with Crippen LogP contribution < -0.4 is 5.32 Å². The van der Waals surface area contributed by atoms with Gasteiger partial charge in [0.1, 0.15) is 24.4 Å². The third-order valence-corrected chi connectivity index (χ3v) is 16.8. The van der Waals surface area contributed by atoms with Crippen LogP contribution in [0.15, 0.2) is 85.1 Å². The molecule has 7 unspecified atom stereocenters. The molecule has 1 amide bonds. The van der Waals surface area contributed by atoms with Crippen LogP contribution in [-0.2, 0) is 14.3 Å². The third-order valence-electron chi connectivity index (χ3n) is 16.8. The van der Waals surface area contributed by atoms with Gasteiger partial charge in [0.25, 0.3) is 0 Å². The van der Waals surface area contributed by atoms with Crippen LogP contribution in [0, 0.1) is 0 Å². The molecule has 0 aromatic heterocycles. The lowest BCUT2D eigenvalue weighted by Gasteiger charge is -2.40. The second-order valence-corrected chi connectivity index (χ2v) is 24.7. The highest BCUT2D eigenvalue weighted by atomic mass is 16.7. The maximum Gasteiger partial charge on any atom is 0.220 e. The molecule has 9 heteroatoms. The molecule has 1 saturated heterocycles. The van der Waals surface area contributed by atoms with Crippen molar-refractivity contribution < 1.29 is 39.8 Å². The number of unbranched alkanes of at least 4 members (excludes halogenated alkanes) is 38. The Morgan fingerprint density at radius 1 is 0.417 bits per heavy atom. The fourth-order valence-corrected chi connectivity index (χ4v) is 11.2. The number of hydrogen-bond acceptors (Lipinski definition) is 8. The van der Waals surface area contributed by atoms with Crippen LogP contribution in [0.5, 0.6) is 0 Å². The van der Waals surface area contributed by atoms with Gasteiger partial charge in [-0.2, -0.15) is 0 Å². The number of allylic oxidation sites excluding steroid dienone is 14. The molecule has 0 aromatic rings. The van der Waals surface area contributed by atoms with Crippen LogP contribution in [-0.4, -0.2) is 87.5 Å². The first-order valence-corrected chi connectivity index (χ1v) is 35.8. The molecule has 6 N–H and O–H groups in total. The molecular formula is C75H135NO8. The number of rotatable bonds is 62. The Balaban J connectivity index is 2.13. The summed E-state index contributed by atoms with van der Waals surface area (Å²) in [6.07, 6.45) is 83.6. The molecule has 9 nitrogen and oxygen atoms in total. The highest BCUT2D eigenvalue weighted by Gasteiger charge is 2.44. The van der Waals surface area contributed by atoms with Crippen LogP contribution in [0.2, 0.25) is 0 Å². The summed E-state index contributed by atoms with van der Waals surface area (Å²) in [6, 6.07) is -0.730. The molecule has 0 saturated carbocycles. The van der Waals surface area contributed by atoms with Crippen LogP contribution in [0.3, 0.4) is 0 Å². The molecule has 84 heavy (non-hydrogen) atoms. The van der Waals surface area contributed by atoms with E-state index in [2.05, 4.69) is 104 Å². The summed E-state index contributed by atoms with van der Waals surface area (Å²) in [5.74, 6) is -0.149. The van der Waals surface area contributed by atoms with E-state index in [1.165, 1.54) is 212 Å². The van der Waals surface area contributed by atoms with E-state index in [0.29, 0.717) is 12.8 Å². The number of nitrogens with one attached hydrogen (secondary N) is 1. The Kier molecular flexibility index (Phi) is 59.9. The molecule has 0 radical (unpaired) electrons. The van der Waals surface area contributed by atoms with Crippen LogP contribution in [0.4, 0.5) is 0 Å². The molecule has 1 rings (SSSR count). The van der Waals surface area contributed by atoms with Crippen molar-refractivity contribution in [3.05, 3.63) is 85.1 Å². The monoisotopic (exact) mass is 1180 g/mol. The zero-order valence-corrected chi connectivity index (χ0v) is 54.6. The molecule has 0 aromatic carbocycles. The second-order valence-electron chi connectivity index (χ2n) is 24.7. The fraction of sp³-hybridized carbons (Fsp3) is 0.800. The quantitative estimate of drug-likeness (QED) is 0.0261. The summed E-state index contributed by atoms with van der Waals surface area (Å²) >= 11 is 0. The van der Waals surface area contributed by atoms with Gasteiger partial charge in [-0.15, -0.1) is 0 Å². The minimum Gasteiger partial charge on any atom is -0.394 e. The Bertz CT molecular complexity index is 1600. The van der Waals surface area contributed by atoms with Gasteiger partial charge in [0.05, 0.1) is 25.4 Å². The van der Waals surface area contributed by atoms with Crippen LogP contribution in [0.25, 0.3) is 0 Å². The smallest absolute Gasteiger partial charge is 0.220 e. The largest absolute Gasteiger partial charge is 0.394 e. The predicted octanol–water partition coefficient (Wildman–Crippen LogP) is 19.7. The van der Waals surface area contributed by atoms with Crippen molar-refractivity contribution in [2.75, 3.05) is 13.2 Å². The maximum absolute atomic E-state index is 13.2. The molecule has 7 atom stereocenters. The Morgan fingerprint density at radius 3 is 1.10 bits per heavy atom. The van der Waals surface area contributed by atoms with Gasteiger partial charge in [0, 0.05) is 6.42 Å². The average Bonchev–Trinajstić information content (AvgIpc) is 3.70. The van der Waals surface area contributed by atoms with Gasteiger partial charge >= 0.3 is 0 Å². The van der Waals surface area contributed by atoms with Gasteiger partial charge < -0.3 is 40.3 Å². The SMILES string of the molecule is CC/C=C\C/C=C\C/C=C\C/C=C\C/C=C\C/C=C\C/C=C\CCCCCCCCCCCC(=O)NC(COC1OC(CO)C(O)C(O)C1O)C(O)CCCCCCCCCCCCCCCCCCCCCCCCCCCCCCCC. The van der Waals surface area contributed by atoms with Crippen molar-refractivity contribution in [1.82, 2.24) is 5.32 Å². The van der Waals surface area contributed by atoms with Crippen molar-refractivity contribution >= 4 is 5.91 Å². The summed E-state index contributed by atoms with van der Waals surface area (Å²) in [7, 11) is 0. The van der Waals surface area contributed by atoms with Crippen molar-refractivity contribution in [2.24, 2.45) is 0 Å². The van der Waals surface area contributed by atoms with E-state index < -0.39 is 49.5 Å². The van der Waals surface area contributed by atoms with Crippen molar-refractivity contribution in [1.29, 1.82) is 0 Å². The Labute approximate surface area is 518 Å². The van der Waals surface area contributed by atoms with Gasteiger partial charge in [0.15, 0.2) is 6.29 Å². The number of amides is 1. The van der Waals surface area contributed by atoms with E-state index in [4.69, 9.17) is 9.47 Å². The summed E-state index contributed by atoms with van der Waals surface area (Å²) < 4.78 is 11.4. The predicted molar refractivity (Wildman–Crippen MR) is 359 cm³/mol. The number of aliphatic hydroxyl groups excluding tert-OH is 5. The van der Waals surface area contributed by atoms with E-state index in [1.807, 2.05) is 0 Å².